The highest BCUT2D eigenvalue weighted by Gasteiger charge is 2.05. The van der Waals surface area contributed by atoms with E-state index in [9.17, 15) is 0 Å². The van der Waals surface area contributed by atoms with Gasteiger partial charge in [-0.1, -0.05) is 17.7 Å². The number of benzene rings is 1. The lowest BCUT2D eigenvalue weighted by molar-refractivity contribution is 0.415. The van der Waals surface area contributed by atoms with Gasteiger partial charge in [0.25, 0.3) is 0 Å². The van der Waals surface area contributed by atoms with Crippen LogP contribution in [0.2, 0.25) is 5.02 Å². The molecule has 4 nitrogen and oxygen atoms in total. The van der Waals surface area contributed by atoms with Gasteiger partial charge in [0.15, 0.2) is 0 Å². The van der Waals surface area contributed by atoms with Crippen LogP contribution >= 0.6 is 11.6 Å². The van der Waals surface area contributed by atoms with Crippen LogP contribution in [0.4, 0.5) is 0 Å². The molecule has 0 aliphatic rings. The largest absolute Gasteiger partial charge is 0.495 e. The number of ether oxygens (including phenoxy) is 1. The van der Waals surface area contributed by atoms with Crippen LogP contribution in [0.3, 0.4) is 0 Å². The van der Waals surface area contributed by atoms with Crippen LogP contribution in [0.1, 0.15) is 17.1 Å². The van der Waals surface area contributed by atoms with Crippen LogP contribution < -0.4 is 10.5 Å². The number of hydrogen-bond donors (Lipinski definition) is 2. The zero-order valence-corrected chi connectivity index (χ0v) is 10.3. The number of nitrogens with two attached hydrogens (primary N) is 1. The predicted octanol–water partition coefficient (Wildman–Crippen LogP) is 2.12. The second-order valence-corrected chi connectivity index (χ2v) is 4.11. The minimum Gasteiger partial charge on any atom is -0.495 e. The first-order chi connectivity index (χ1) is 8.22. The van der Waals surface area contributed by atoms with Crippen molar-refractivity contribution < 1.29 is 4.74 Å². The van der Waals surface area contributed by atoms with E-state index in [1.165, 1.54) is 0 Å². The lowest BCUT2D eigenvalue weighted by atomic mass is 10.1. The number of nitrogens with zero attached hydrogens (tertiary/aromatic N) is 1. The highest BCUT2D eigenvalue weighted by Crippen LogP contribution is 2.25. The molecule has 0 aliphatic carbocycles. The second kappa shape index (κ2) is 5.21. The number of aromatic nitrogens is 2. The number of imidazole rings is 1. The smallest absolute Gasteiger partial charge is 0.137 e. The average Bonchev–Trinajstić information content (AvgIpc) is 2.77. The van der Waals surface area contributed by atoms with Crippen molar-refractivity contribution in [1.82, 2.24) is 9.97 Å². The Kier molecular flexibility index (Phi) is 3.66. The normalized spacial score (nSPS) is 10.5. The lowest BCUT2D eigenvalue weighted by Gasteiger charge is -2.04. The first-order valence-corrected chi connectivity index (χ1v) is 5.66. The Hall–Kier alpha value is -1.52. The number of methoxy groups -OCH3 is 1. The van der Waals surface area contributed by atoms with E-state index in [-0.39, 0.29) is 0 Å². The van der Waals surface area contributed by atoms with Crippen molar-refractivity contribution in [3.05, 3.63) is 46.5 Å². The van der Waals surface area contributed by atoms with E-state index in [0.29, 0.717) is 23.7 Å². The number of H-pyrrole nitrogens is 1. The van der Waals surface area contributed by atoms with Gasteiger partial charge in [-0.2, -0.15) is 0 Å². The minimum atomic E-state index is 0.469. The lowest BCUT2D eigenvalue weighted by Crippen LogP contribution is -1.97. The predicted molar refractivity (Wildman–Crippen MR) is 67.3 cm³/mol. The Morgan fingerprint density at radius 3 is 2.88 bits per heavy atom. The molecule has 2 aromatic rings. The summed E-state index contributed by atoms with van der Waals surface area (Å²) < 4.78 is 5.10. The molecule has 0 aliphatic heterocycles. The van der Waals surface area contributed by atoms with Gasteiger partial charge in [0.2, 0.25) is 0 Å². The summed E-state index contributed by atoms with van der Waals surface area (Å²) in [5.41, 5.74) is 7.52. The summed E-state index contributed by atoms with van der Waals surface area (Å²) >= 11 is 6.05. The second-order valence-electron chi connectivity index (χ2n) is 3.70. The summed E-state index contributed by atoms with van der Waals surface area (Å²) in [4.78, 5) is 7.39. The van der Waals surface area contributed by atoms with Crippen molar-refractivity contribution in [2.75, 3.05) is 7.11 Å². The van der Waals surface area contributed by atoms with Crippen molar-refractivity contribution in [3.8, 4) is 5.75 Å². The van der Waals surface area contributed by atoms with Gasteiger partial charge in [-0.05, 0) is 17.7 Å². The molecular formula is C12H14ClN3O. The fourth-order valence-electron chi connectivity index (χ4n) is 1.61. The number of aromatic amines is 1. The van der Waals surface area contributed by atoms with Crippen LogP contribution in [0.5, 0.6) is 5.75 Å². The van der Waals surface area contributed by atoms with Crippen molar-refractivity contribution in [2.45, 2.75) is 13.0 Å². The van der Waals surface area contributed by atoms with Crippen molar-refractivity contribution in [1.29, 1.82) is 0 Å². The van der Waals surface area contributed by atoms with Gasteiger partial charge in [0.1, 0.15) is 11.6 Å². The van der Waals surface area contributed by atoms with E-state index in [0.717, 1.165) is 17.1 Å². The average molecular weight is 252 g/mol. The Labute approximate surface area is 105 Å². The van der Waals surface area contributed by atoms with Gasteiger partial charge < -0.3 is 15.5 Å². The van der Waals surface area contributed by atoms with Gasteiger partial charge in [-0.25, -0.2) is 4.98 Å². The SMILES string of the molecule is COc1ccc(Cc2ncc(CN)[nH]2)cc1Cl. The molecule has 5 heteroatoms. The standard InChI is InChI=1S/C12H14ClN3O/c1-17-11-3-2-8(4-10(11)13)5-12-15-7-9(6-14)16-12/h2-4,7H,5-6,14H2,1H3,(H,15,16). The zero-order valence-electron chi connectivity index (χ0n) is 9.53. The molecule has 0 bridgehead atoms. The first kappa shape index (κ1) is 12.0. The fraction of sp³-hybridized carbons (Fsp3) is 0.250. The Morgan fingerprint density at radius 2 is 2.29 bits per heavy atom. The summed E-state index contributed by atoms with van der Waals surface area (Å²) in [5.74, 6) is 1.56. The molecular weight excluding hydrogens is 238 g/mol. The van der Waals surface area contributed by atoms with Crippen molar-refractivity contribution in [3.63, 3.8) is 0 Å². The maximum absolute atomic E-state index is 6.05. The molecule has 17 heavy (non-hydrogen) atoms. The summed E-state index contributed by atoms with van der Waals surface area (Å²) in [7, 11) is 1.60. The third-order valence-electron chi connectivity index (χ3n) is 2.49. The summed E-state index contributed by atoms with van der Waals surface area (Å²) in [6, 6.07) is 5.70. The highest BCUT2D eigenvalue weighted by molar-refractivity contribution is 6.32. The van der Waals surface area contributed by atoms with Gasteiger partial charge in [-0.3, -0.25) is 0 Å². The van der Waals surface area contributed by atoms with Crippen molar-refractivity contribution in [2.24, 2.45) is 5.73 Å². The third kappa shape index (κ3) is 2.78. The van der Waals surface area contributed by atoms with E-state index in [4.69, 9.17) is 22.1 Å². The number of hydrogen-bond acceptors (Lipinski definition) is 3. The topological polar surface area (TPSA) is 63.9 Å². The molecule has 0 amide bonds. The minimum absolute atomic E-state index is 0.469. The molecule has 0 saturated carbocycles. The quantitative estimate of drug-likeness (QED) is 0.875. The monoisotopic (exact) mass is 251 g/mol. The van der Waals surface area contributed by atoms with E-state index >= 15 is 0 Å². The van der Waals surface area contributed by atoms with Gasteiger partial charge >= 0.3 is 0 Å². The Balaban J connectivity index is 2.15. The summed E-state index contributed by atoms with van der Waals surface area (Å²) in [5, 5.41) is 0.607. The van der Waals surface area contributed by atoms with Gasteiger partial charge in [-0.15, -0.1) is 0 Å². The third-order valence-corrected chi connectivity index (χ3v) is 2.78. The maximum atomic E-state index is 6.05. The Morgan fingerprint density at radius 1 is 1.47 bits per heavy atom. The maximum Gasteiger partial charge on any atom is 0.137 e. The van der Waals surface area contributed by atoms with Gasteiger partial charge in [0, 0.05) is 24.9 Å². The number of nitrogens with one attached hydrogen (secondary N) is 1. The molecule has 1 aromatic carbocycles. The van der Waals surface area contributed by atoms with Crippen LogP contribution in [0, 0.1) is 0 Å². The molecule has 2 rings (SSSR count). The summed E-state index contributed by atoms with van der Waals surface area (Å²) in [6.07, 6.45) is 2.45. The van der Waals surface area contributed by atoms with Crippen LogP contribution in [0.25, 0.3) is 0 Å². The van der Waals surface area contributed by atoms with E-state index in [1.54, 1.807) is 13.3 Å². The van der Waals surface area contributed by atoms with E-state index in [2.05, 4.69) is 9.97 Å². The molecule has 3 N–H and O–H groups in total. The molecule has 0 saturated heterocycles. The molecule has 90 valence electrons. The first-order valence-electron chi connectivity index (χ1n) is 5.28. The van der Waals surface area contributed by atoms with Crippen molar-refractivity contribution >= 4 is 11.6 Å². The number of rotatable bonds is 4. The van der Waals surface area contributed by atoms with Crippen LogP contribution in [-0.4, -0.2) is 17.1 Å². The fourth-order valence-corrected chi connectivity index (χ4v) is 1.89. The molecule has 0 fully saturated rings. The van der Waals surface area contributed by atoms with Gasteiger partial charge in [0.05, 0.1) is 12.1 Å². The van der Waals surface area contributed by atoms with E-state index < -0.39 is 0 Å². The van der Waals surface area contributed by atoms with Crippen LogP contribution in [0.15, 0.2) is 24.4 Å². The molecule has 0 atom stereocenters. The molecule has 0 unspecified atom stereocenters. The molecule has 1 heterocycles. The molecule has 1 aromatic heterocycles. The Bertz CT molecular complexity index is 510. The zero-order chi connectivity index (χ0) is 12.3. The summed E-state index contributed by atoms with van der Waals surface area (Å²) in [6.45, 7) is 0.469. The molecule has 0 spiro atoms. The van der Waals surface area contributed by atoms with Crippen LogP contribution in [-0.2, 0) is 13.0 Å². The number of halogens is 1. The highest BCUT2D eigenvalue weighted by atomic mass is 35.5. The van der Waals surface area contributed by atoms with E-state index in [1.807, 2.05) is 18.2 Å². The molecule has 0 radical (unpaired) electrons.